The zero-order chi connectivity index (χ0) is 23.3. The van der Waals surface area contributed by atoms with E-state index >= 15 is 0 Å². The standard InChI is InChI=1S/C23H23F2N5O3/c24-23(25,18-8-2-1-3-9-18)20(31)11-10-19-15-33-22(32)30(19)13-12-16-6-4-5-7-17(16)14-21-26-28-29-27-21/h1-11,19-20,31H,12-15H2,(H,26,27,28,29)/b11-10+. The fourth-order valence-electron chi connectivity index (χ4n) is 3.71. The van der Waals surface area contributed by atoms with Gasteiger partial charge >= 0.3 is 12.0 Å². The highest BCUT2D eigenvalue weighted by Gasteiger charge is 2.39. The van der Waals surface area contributed by atoms with Gasteiger partial charge in [-0.1, -0.05) is 72.0 Å². The number of alkyl halides is 2. The number of hydrogen-bond acceptors (Lipinski definition) is 6. The van der Waals surface area contributed by atoms with Gasteiger partial charge in [-0.05, 0) is 17.5 Å². The Morgan fingerprint density at radius 2 is 1.91 bits per heavy atom. The summed E-state index contributed by atoms with van der Waals surface area (Å²) in [5, 5.41) is 24.0. The van der Waals surface area contributed by atoms with E-state index in [1.807, 2.05) is 24.3 Å². The molecule has 2 unspecified atom stereocenters. The van der Waals surface area contributed by atoms with E-state index in [2.05, 4.69) is 20.6 Å². The molecule has 4 rings (SSSR count). The molecule has 0 radical (unpaired) electrons. The van der Waals surface area contributed by atoms with E-state index in [-0.39, 0.29) is 12.2 Å². The summed E-state index contributed by atoms with van der Waals surface area (Å²) in [7, 11) is 0. The maximum Gasteiger partial charge on any atom is 0.410 e. The van der Waals surface area contributed by atoms with Crippen molar-refractivity contribution in [2.24, 2.45) is 0 Å². The lowest BCUT2D eigenvalue weighted by atomic mass is 10.0. The third-order valence-corrected chi connectivity index (χ3v) is 5.54. The van der Waals surface area contributed by atoms with Gasteiger partial charge in [-0.3, -0.25) is 4.90 Å². The monoisotopic (exact) mass is 455 g/mol. The number of carbonyl (C=O) groups excluding carboxylic acids is 1. The number of nitrogens with zero attached hydrogens (tertiary/aromatic N) is 4. The Labute approximate surface area is 188 Å². The SMILES string of the molecule is O=C1OCC(/C=C/C(O)C(F)(F)c2ccccc2)N1CCc1ccccc1Cc1nn[nH]n1. The highest BCUT2D eigenvalue weighted by molar-refractivity contribution is 5.70. The number of rotatable bonds is 9. The molecule has 33 heavy (non-hydrogen) atoms. The molecule has 1 aliphatic rings. The van der Waals surface area contributed by atoms with Crippen LogP contribution >= 0.6 is 0 Å². The minimum atomic E-state index is -3.46. The molecule has 1 amide bonds. The van der Waals surface area contributed by atoms with Crippen molar-refractivity contribution in [1.82, 2.24) is 25.5 Å². The molecule has 1 aliphatic heterocycles. The molecule has 0 bridgehead atoms. The van der Waals surface area contributed by atoms with Crippen LogP contribution in [0.15, 0.2) is 66.7 Å². The van der Waals surface area contributed by atoms with Crippen LogP contribution in [0.25, 0.3) is 0 Å². The summed E-state index contributed by atoms with van der Waals surface area (Å²) in [4.78, 5) is 13.7. The molecule has 3 aromatic rings. The van der Waals surface area contributed by atoms with Crippen molar-refractivity contribution in [2.45, 2.75) is 30.9 Å². The van der Waals surface area contributed by atoms with E-state index in [1.165, 1.54) is 35.2 Å². The average molecular weight is 455 g/mol. The number of benzene rings is 2. The maximum atomic E-state index is 14.5. The lowest BCUT2D eigenvalue weighted by Crippen LogP contribution is -2.35. The van der Waals surface area contributed by atoms with Crippen LogP contribution in [0, 0.1) is 0 Å². The van der Waals surface area contributed by atoms with Crippen LogP contribution < -0.4 is 0 Å². The van der Waals surface area contributed by atoms with Gasteiger partial charge in [0.1, 0.15) is 12.7 Å². The molecule has 1 saturated heterocycles. The molecular weight excluding hydrogens is 432 g/mol. The highest BCUT2D eigenvalue weighted by atomic mass is 19.3. The van der Waals surface area contributed by atoms with Crippen molar-refractivity contribution in [1.29, 1.82) is 0 Å². The largest absolute Gasteiger partial charge is 0.447 e. The van der Waals surface area contributed by atoms with Crippen LogP contribution in [0.5, 0.6) is 0 Å². The van der Waals surface area contributed by atoms with Crippen LogP contribution in [-0.2, 0) is 23.5 Å². The number of amides is 1. The van der Waals surface area contributed by atoms with Crippen molar-refractivity contribution in [3.63, 3.8) is 0 Å². The van der Waals surface area contributed by atoms with E-state index in [0.29, 0.717) is 25.2 Å². The third kappa shape index (κ3) is 5.23. The van der Waals surface area contributed by atoms with E-state index in [1.54, 1.807) is 6.07 Å². The lowest BCUT2D eigenvalue weighted by molar-refractivity contribution is -0.0929. The summed E-state index contributed by atoms with van der Waals surface area (Å²) >= 11 is 0. The molecule has 2 atom stereocenters. The highest BCUT2D eigenvalue weighted by Crippen LogP contribution is 2.32. The van der Waals surface area contributed by atoms with Gasteiger partial charge in [0.15, 0.2) is 5.82 Å². The second-order valence-corrected chi connectivity index (χ2v) is 7.68. The number of hydrogen-bond donors (Lipinski definition) is 2. The van der Waals surface area contributed by atoms with Crippen LogP contribution in [0.2, 0.25) is 0 Å². The van der Waals surface area contributed by atoms with Crippen molar-refractivity contribution in [2.75, 3.05) is 13.2 Å². The summed E-state index contributed by atoms with van der Waals surface area (Å²) in [6, 6.07) is 14.3. The Morgan fingerprint density at radius 1 is 1.18 bits per heavy atom. The zero-order valence-electron chi connectivity index (χ0n) is 17.6. The quantitative estimate of drug-likeness (QED) is 0.481. The number of aromatic amines is 1. The molecule has 172 valence electrons. The molecule has 8 nitrogen and oxygen atoms in total. The summed E-state index contributed by atoms with van der Waals surface area (Å²) in [6.07, 6.45) is 0.879. The lowest BCUT2D eigenvalue weighted by Gasteiger charge is -2.22. The van der Waals surface area contributed by atoms with Gasteiger partial charge in [0.05, 0.1) is 6.04 Å². The van der Waals surface area contributed by atoms with E-state index in [0.717, 1.165) is 17.2 Å². The predicted octanol–water partition coefficient (Wildman–Crippen LogP) is 2.86. The molecule has 2 N–H and O–H groups in total. The van der Waals surface area contributed by atoms with Crippen LogP contribution in [0.3, 0.4) is 0 Å². The summed E-state index contributed by atoms with van der Waals surface area (Å²) in [5.41, 5.74) is 1.72. The molecule has 2 heterocycles. The van der Waals surface area contributed by atoms with Crippen molar-refractivity contribution < 1.29 is 23.4 Å². The summed E-state index contributed by atoms with van der Waals surface area (Å²) in [5.74, 6) is -2.91. The fraction of sp³-hybridized carbons (Fsp3) is 0.304. The molecule has 0 saturated carbocycles. The first-order valence-electron chi connectivity index (χ1n) is 10.5. The summed E-state index contributed by atoms with van der Waals surface area (Å²) in [6.45, 7) is 0.353. The average Bonchev–Trinajstić information content (AvgIpc) is 3.47. The smallest absolute Gasteiger partial charge is 0.410 e. The van der Waals surface area contributed by atoms with Gasteiger partial charge in [-0.15, -0.1) is 10.2 Å². The van der Waals surface area contributed by atoms with Gasteiger partial charge in [0.2, 0.25) is 0 Å². The van der Waals surface area contributed by atoms with E-state index < -0.39 is 24.2 Å². The number of aliphatic hydroxyl groups excluding tert-OH is 1. The number of aromatic nitrogens is 4. The van der Waals surface area contributed by atoms with E-state index in [9.17, 15) is 18.7 Å². The minimum Gasteiger partial charge on any atom is -0.447 e. The predicted molar refractivity (Wildman–Crippen MR) is 114 cm³/mol. The maximum absolute atomic E-state index is 14.5. The van der Waals surface area contributed by atoms with Crippen molar-refractivity contribution in [3.05, 3.63) is 89.3 Å². The second kappa shape index (κ2) is 9.86. The Hall–Kier alpha value is -3.66. The van der Waals surface area contributed by atoms with Crippen LogP contribution in [0.4, 0.5) is 13.6 Å². The Balaban J connectivity index is 1.42. The van der Waals surface area contributed by atoms with Gasteiger partial charge < -0.3 is 9.84 Å². The number of H-pyrrole nitrogens is 1. The first kappa shape index (κ1) is 22.5. The van der Waals surface area contributed by atoms with E-state index in [4.69, 9.17) is 4.74 Å². The molecule has 0 aliphatic carbocycles. The van der Waals surface area contributed by atoms with Gasteiger partial charge in [-0.2, -0.15) is 14.0 Å². The van der Waals surface area contributed by atoms with Gasteiger partial charge in [0.25, 0.3) is 0 Å². The Morgan fingerprint density at radius 3 is 2.64 bits per heavy atom. The number of tetrazole rings is 1. The fourth-order valence-corrected chi connectivity index (χ4v) is 3.71. The second-order valence-electron chi connectivity index (χ2n) is 7.68. The minimum absolute atomic E-state index is 0.0312. The number of carbonyl (C=O) groups is 1. The summed E-state index contributed by atoms with van der Waals surface area (Å²) < 4.78 is 34.2. The molecule has 2 aromatic carbocycles. The first-order valence-corrected chi connectivity index (χ1v) is 10.5. The molecule has 1 aromatic heterocycles. The van der Waals surface area contributed by atoms with Gasteiger partial charge in [0, 0.05) is 18.5 Å². The topological polar surface area (TPSA) is 104 Å². The third-order valence-electron chi connectivity index (χ3n) is 5.54. The number of ether oxygens (including phenoxy) is 1. The Bertz CT molecular complexity index is 1090. The number of halogens is 2. The normalized spacial score (nSPS) is 17.5. The van der Waals surface area contributed by atoms with Gasteiger partial charge in [-0.25, -0.2) is 4.79 Å². The van der Waals surface area contributed by atoms with Crippen LogP contribution in [-0.4, -0.2) is 62.0 Å². The molecule has 0 spiro atoms. The number of nitrogens with one attached hydrogen (secondary N) is 1. The molecule has 1 fully saturated rings. The first-order chi connectivity index (χ1) is 15.9. The Kier molecular flexibility index (Phi) is 6.74. The van der Waals surface area contributed by atoms with Crippen LogP contribution in [0.1, 0.15) is 22.5 Å². The van der Waals surface area contributed by atoms with Crippen molar-refractivity contribution in [3.8, 4) is 0 Å². The molecule has 10 heteroatoms. The zero-order valence-corrected chi connectivity index (χ0v) is 17.6. The number of aliphatic hydroxyl groups is 1. The van der Waals surface area contributed by atoms with Crippen molar-refractivity contribution >= 4 is 6.09 Å². The number of cyclic esters (lactones) is 1. The molecular formula is C23H23F2N5O3.